The molecule has 0 saturated heterocycles. The summed E-state index contributed by atoms with van der Waals surface area (Å²) in [6.07, 6.45) is 1.54. The quantitative estimate of drug-likeness (QED) is 0.617. The van der Waals surface area contributed by atoms with E-state index in [0.29, 0.717) is 11.4 Å². The summed E-state index contributed by atoms with van der Waals surface area (Å²) in [7, 11) is 0. The Morgan fingerprint density at radius 1 is 1.36 bits per heavy atom. The largest absolute Gasteiger partial charge is 0.460 e. The molecule has 8 heteroatoms. The molecule has 0 aliphatic heterocycles. The molecular formula is C17H15FN4O3. The Kier molecular flexibility index (Phi) is 6.01. The van der Waals surface area contributed by atoms with Crippen LogP contribution >= 0.6 is 0 Å². The van der Waals surface area contributed by atoms with E-state index in [-0.39, 0.29) is 24.4 Å². The lowest BCUT2D eigenvalue weighted by Gasteiger charge is -2.09. The number of hydrogen-bond donors (Lipinski definition) is 2. The minimum atomic E-state index is -0.657. The summed E-state index contributed by atoms with van der Waals surface area (Å²) in [6, 6.07) is 8.80. The molecule has 1 aromatic carbocycles. The SMILES string of the molecule is CC(=O)Nc1cc(C(=O)OCCNc2ncccc2C#N)ccc1F. The molecule has 0 saturated carbocycles. The van der Waals surface area contributed by atoms with Crippen LogP contribution in [0.5, 0.6) is 0 Å². The van der Waals surface area contributed by atoms with E-state index in [1.165, 1.54) is 25.3 Å². The Morgan fingerprint density at radius 3 is 2.88 bits per heavy atom. The van der Waals surface area contributed by atoms with Crippen molar-refractivity contribution in [3.05, 3.63) is 53.5 Å². The van der Waals surface area contributed by atoms with E-state index < -0.39 is 17.7 Å². The molecule has 7 nitrogen and oxygen atoms in total. The first-order valence-electron chi connectivity index (χ1n) is 7.34. The number of rotatable bonds is 6. The minimum Gasteiger partial charge on any atom is -0.460 e. The van der Waals surface area contributed by atoms with Crippen LogP contribution < -0.4 is 10.6 Å². The summed E-state index contributed by atoms with van der Waals surface area (Å²) in [5, 5.41) is 14.1. The molecule has 0 fully saturated rings. The van der Waals surface area contributed by atoms with Crippen molar-refractivity contribution in [2.45, 2.75) is 6.92 Å². The van der Waals surface area contributed by atoms with Crippen molar-refractivity contribution in [1.82, 2.24) is 4.98 Å². The highest BCUT2D eigenvalue weighted by molar-refractivity contribution is 5.93. The first kappa shape index (κ1) is 17.9. The third-order valence-corrected chi connectivity index (χ3v) is 3.07. The number of amides is 1. The van der Waals surface area contributed by atoms with E-state index in [2.05, 4.69) is 15.6 Å². The molecular weight excluding hydrogens is 327 g/mol. The number of anilines is 2. The van der Waals surface area contributed by atoms with Gasteiger partial charge in [0.15, 0.2) is 0 Å². The third-order valence-electron chi connectivity index (χ3n) is 3.07. The number of nitrogens with one attached hydrogen (secondary N) is 2. The van der Waals surface area contributed by atoms with Crippen LogP contribution in [0, 0.1) is 17.1 Å². The zero-order valence-electron chi connectivity index (χ0n) is 13.4. The fourth-order valence-corrected chi connectivity index (χ4v) is 1.97. The number of hydrogen-bond acceptors (Lipinski definition) is 6. The molecule has 1 aromatic heterocycles. The summed E-state index contributed by atoms with van der Waals surface area (Å²) < 4.78 is 18.6. The average Bonchev–Trinajstić information content (AvgIpc) is 2.60. The predicted molar refractivity (Wildman–Crippen MR) is 88.4 cm³/mol. The number of nitriles is 1. The molecule has 2 rings (SSSR count). The Balaban J connectivity index is 1.90. The molecule has 25 heavy (non-hydrogen) atoms. The number of benzene rings is 1. The monoisotopic (exact) mass is 342 g/mol. The molecule has 0 aliphatic carbocycles. The van der Waals surface area contributed by atoms with E-state index in [4.69, 9.17) is 10.00 Å². The summed E-state index contributed by atoms with van der Waals surface area (Å²) >= 11 is 0. The summed E-state index contributed by atoms with van der Waals surface area (Å²) in [5.74, 6) is -1.35. The fraction of sp³-hybridized carbons (Fsp3) is 0.176. The van der Waals surface area contributed by atoms with Crippen molar-refractivity contribution < 1.29 is 18.7 Å². The molecule has 128 valence electrons. The van der Waals surface area contributed by atoms with E-state index in [1.54, 1.807) is 12.1 Å². The van der Waals surface area contributed by atoms with Gasteiger partial charge in [-0.3, -0.25) is 4.79 Å². The van der Waals surface area contributed by atoms with Crippen molar-refractivity contribution in [3.8, 4) is 6.07 Å². The maximum Gasteiger partial charge on any atom is 0.338 e. The van der Waals surface area contributed by atoms with Crippen molar-refractivity contribution in [3.63, 3.8) is 0 Å². The molecule has 0 unspecified atom stereocenters. The molecule has 0 radical (unpaired) electrons. The highest BCUT2D eigenvalue weighted by Crippen LogP contribution is 2.17. The summed E-state index contributed by atoms with van der Waals surface area (Å²) in [6.45, 7) is 1.51. The zero-order valence-corrected chi connectivity index (χ0v) is 13.4. The van der Waals surface area contributed by atoms with Gasteiger partial charge in [0.2, 0.25) is 5.91 Å². The number of nitrogens with zero attached hydrogens (tertiary/aromatic N) is 2. The van der Waals surface area contributed by atoms with Crippen LogP contribution in [-0.4, -0.2) is 30.0 Å². The van der Waals surface area contributed by atoms with E-state index in [0.717, 1.165) is 6.07 Å². The van der Waals surface area contributed by atoms with Crippen molar-refractivity contribution in [2.75, 3.05) is 23.8 Å². The van der Waals surface area contributed by atoms with Crippen LogP contribution in [0.3, 0.4) is 0 Å². The number of halogens is 1. The Labute approximate surface area is 143 Å². The van der Waals surface area contributed by atoms with Crippen LogP contribution in [0.1, 0.15) is 22.8 Å². The van der Waals surface area contributed by atoms with Gasteiger partial charge in [-0.25, -0.2) is 14.2 Å². The maximum absolute atomic E-state index is 13.5. The highest BCUT2D eigenvalue weighted by atomic mass is 19.1. The second-order valence-electron chi connectivity index (χ2n) is 4.95. The molecule has 1 amide bonds. The van der Waals surface area contributed by atoms with Crippen molar-refractivity contribution in [1.29, 1.82) is 5.26 Å². The van der Waals surface area contributed by atoms with Crippen LogP contribution in [0.2, 0.25) is 0 Å². The van der Waals surface area contributed by atoms with Gasteiger partial charge in [0.1, 0.15) is 24.3 Å². The van der Waals surface area contributed by atoms with Gasteiger partial charge in [0, 0.05) is 13.1 Å². The lowest BCUT2D eigenvalue weighted by molar-refractivity contribution is -0.114. The lowest BCUT2D eigenvalue weighted by atomic mass is 10.2. The molecule has 0 atom stereocenters. The first-order chi connectivity index (χ1) is 12.0. The Hall–Kier alpha value is -3.47. The second kappa shape index (κ2) is 8.40. The topological polar surface area (TPSA) is 104 Å². The maximum atomic E-state index is 13.5. The second-order valence-corrected chi connectivity index (χ2v) is 4.95. The van der Waals surface area contributed by atoms with Gasteiger partial charge in [-0.15, -0.1) is 0 Å². The van der Waals surface area contributed by atoms with Crippen molar-refractivity contribution in [2.24, 2.45) is 0 Å². The number of carbonyl (C=O) groups is 2. The standard InChI is InChI=1S/C17H15FN4O3/c1-11(23)22-15-9-12(4-5-14(15)18)17(24)25-8-7-21-16-13(10-19)3-2-6-20-16/h2-6,9H,7-8H2,1H3,(H,20,21)(H,22,23). The van der Waals surface area contributed by atoms with Gasteiger partial charge in [-0.1, -0.05) is 0 Å². The molecule has 0 aliphatic rings. The van der Waals surface area contributed by atoms with Gasteiger partial charge in [-0.2, -0.15) is 5.26 Å². The fourth-order valence-electron chi connectivity index (χ4n) is 1.97. The summed E-state index contributed by atoms with van der Waals surface area (Å²) in [4.78, 5) is 27.0. The Bertz CT molecular complexity index is 833. The molecule has 2 aromatic rings. The number of ether oxygens (including phenoxy) is 1. The van der Waals surface area contributed by atoms with Gasteiger partial charge in [0.25, 0.3) is 0 Å². The van der Waals surface area contributed by atoms with Gasteiger partial charge in [-0.05, 0) is 30.3 Å². The van der Waals surface area contributed by atoms with Crippen LogP contribution in [-0.2, 0) is 9.53 Å². The number of aromatic nitrogens is 1. The molecule has 0 spiro atoms. The van der Waals surface area contributed by atoms with Crippen LogP contribution in [0.4, 0.5) is 15.9 Å². The molecule has 2 N–H and O–H groups in total. The molecule has 0 bridgehead atoms. The van der Waals surface area contributed by atoms with E-state index >= 15 is 0 Å². The highest BCUT2D eigenvalue weighted by Gasteiger charge is 2.12. The molecule has 1 heterocycles. The predicted octanol–water partition coefficient (Wildman–Crippen LogP) is 2.32. The minimum absolute atomic E-state index is 0.0210. The number of pyridine rings is 1. The average molecular weight is 342 g/mol. The van der Waals surface area contributed by atoms with E-state index in [9.17, 15) is 14.0 Å². The van der Waals surface area contributed by atoms with Gasteiger partial charge >= 0.3 is 5.97 Å². The Morgan fingerprint density at radius 2 is 2.16 bits per heavy atom. The summed E-state index contributed by atoms with van der Waals surface area (Å²) in [5.41, 5.74) is 0.403. The van der Waals surface area contributed by atoms with Crippen LogP contribution in [0.25, 0.3) is 0 Å². The zero-order chi connectivity index (χ0) is 18.2. The lowest BCUT2D eigenvalue weighted by Crippen LogP contribution is -2.15. The van der Waals surface area contributed by atoms with Gasteiger partial charge in [0.05, 0.1) is 23.4 Å². The number of carbonyl (C=O) groups excluding carboxylic acids is 2. The smallest absolute Gasteiger partial charge is 0.338 e. The van der Waals surface area contributed by atoms with Gasteiger partial charge < -0.3 is 15.4 Å². The van der Waals surface area contributed by atoms with Crippen molar-refractivity contribution >= 4 is 23.4 Å². The number of esters is 1. The van der Waals surface area contributed by atoms with E-state index in [1.807, 2.05) is 6.07 Å². The van der Waals surface area contributed by atoms with Crippen LogP contribution in [0.15, 0.2) is 36.5 Å². The normalized spacial score (nSPS) is 9.80. The third kappa shape index (κ3) is 5.00. The first-order valence-corrected chi connectivity index (χ1v) is 7.34.